The zero-order valence-corrected chi connectivity index (χ0v) is 40.7. The number of fused-ring (bicyclic) bond motifs is 1. The van der Waals surface area contributed by atoms with Gasteiger partial charge in [0, 0.05) is 70.3 Å². The van der Waals surface area contributed by atoms with Crippen molar-refractivity contribution in [3.05, 3.63) is 54.1 Å². The molecule has 1 aromatic rings. The van der Waals surface area contributed by atoms with Gasteiger partial charge < -0.3 is 62.7 Å². The third-order valence-electron chi connectivity index (χ3n) is 16.1. The van der Waals surface area contributed by atoms with Crippen molar-refractivity contribution in [2.45, 2.75) is 191 Å². The summed E-state index contributed by atoms with van der Waals surface area (Å²) in [5.41, 5.74) is -3.17. The minimum atomic E-state index is -1.52. The van der Waals surface area contributed by atoms with Gasteiger partial charge in [-0.2, -0.15) is 0 Å². The largest absolute Gasteiger partial charge is 0.458 e. The van der Waals surface area contributed by atoms with E-state index in [-0.39, 0.29) is 43.0 Å². The first-order valence-corrected chi connectivity index (χ1v) is 24.1. The van der Waals surface area contributed by atoms with Gasteiger partial charge in [-0.05, 0) is 84.1 Å². The van der Waals surface area contributed by atoms with E-state index in [0.29, 0.717) is 25.7 Å². The number of hydrogen-bond acceptors (Lipinski definition) is 17. The molecule has 17 heteroatoms. The Hall–Kier alpha value is -3.30. The lowest BCUT2D eigenvalue weighted by Crippen LogP contribution is -2.61. The van der Waals surface area contributed by atoms with Gasteiger partial charge in [0.25, 0.3) is 0 Å². The number of methoxy groups -OCH3 is 3. The first kappa shape index (κ1) is 52.5. The van der Waals surface area contributed by atoms with Crippen LogP contribution in [0.4, 0.5) is 0 Å². The van der Waals surface area contributed by atoms with Crippen molar-refractivity contribution in [2.24, 2.45) is 22.7 Å². The van der Waals surface area contributed by atoms with Crippen molar-refractivity contribution < 1.29 is 81.9 Å². The lowest BCUT2D eigenvalue weighted by Gasteiger charge is -2.55. The van der Waals surface area contributed by atoms with Gasteiger partial charge in [0.05, 0.1) is 47.6 Å². The Morgan fingerprint density at radius 2 is 1.46 bits per heavy atom. The Balaban J connectivity index is 0.993. The van der Waals surface area contributed by atoms with Crippen LogP contribution in [-0.2, 0) is 66.5 Å². The Bertz CT molecular complexity index is 1990. The van der Waals surface area contributed by atoms with Gasteiger partial charge in [0.1, 0.15) is 48.2 Å². The zero-order chi connectivity index (χ0) is 49.3. The fraction of sp³-hybridized carbons (Fsp3) is 0.725. The number of hydrogen-bond donors (Lipinski definition) is 3. The molecule has 0 spiro atoms. The molecule has 6 aliphatic rings. The number of rotatable bonds is 16. The highest BCUT2D eigenvalue weighted by atomic mass is 16.8. The van der Waals surface area contributed by atoms with Gasteiger partial charge >= 0.3 is 5.97 Å². The number of carbonyl (C=O) groups excluding carboxylic acids is 4. The maximum atomic E-state index is 14.0. The van der Waals surface area contributed by atoms with Crippen molar-refractivity contribution in [1.29, 1.82) is 0 Å². The smallest absolute Gasteiger partial charge is 0.331 e. The summed E-state index contributed by atoms with van der Waals surface area (Å²) in [5, 5.41) is 33.9. The molecule has 17 nitrogen and oxygen atoms in total. The molecule has 3 aliphatic heterocycles. The molecule has 7 rings (SSSR count). The van der Waals surface area contributed by atoms with E-state index < -0.39 is 126 Å². The number of esters is 1. The highest BCUT2D eigenvalue weighted by Crippen LogP contribution is 2.57. The SMILES string of the molecule is CO[C@@H]1[C@@H](O)[C@H](O[C@H]2[C@@H](OC)C[C@H](O[C@H]3[C@@H](OC)C[C@H](O[C@H]4CC[C@]5(C)[C@@H](C[C@@H](OC(=O)/C=C/c6ccccc6)[C@]6(C)C(=O)CC[C@@H]6C(C)=O)C(=O)C=C[C@]5(O)C4)O[C@@H]3C)O[C@@H]2C)O[C@H](C)[C@H]1O. The number of benzene rings is 1. The molecule has 3 aliphatic carbocycles. The van der Waals surface area contributed by atoms with E-state index >= 15 is 0 Å². The molecule has 68 heavy (non-hydrogen) atoms. The molecule has 1 aromatic carbocycles. The topological polar surface area (TPSA) is 221 Å². The first-order valence-electron chi connectivity index (χ1n) is 24.1. The van der Waals surface area contributed by atoms with E-state index in [1.165, 1.54) is 32.3 Å². The summed E-state index contributed by atoms with van der Waals surface area (Å²) >= 11 is 0. The highest BCUT2D eigenvalue weighted by Gasteiger charge is 2.62. The van der Waals surface area contributed by atoms with Gasteiger partial charge in [-0.1, -0.05) is 37.3 Å². The summed E-state index contributed by atoms with van der Waals surface area (Å²) < 4.78 is 61.2. The third kappa shape index (κ3) is 10.5. The van der Waals surface area contributed by atoms with Crippen LogP contribution in [0, 0.1) is 22.7 Å². The van der Waals surface area contributed by atoms with Crippen molar-refractivity contribution in [1.82, 2.24) is 0 Å². The van der Waals surface area contributed by atoms with Crippen LogP contribution in [0.25, 0.3) is 6.08 Å². The van der Waals surface area contributed by atoms with Crippen molar-refractivity contribution in [3.63, 3.8) is 0 Å². The molecule has 5 fully saturated rings. The Kier molecular flexibility index (Phi) is 16.7. The average molecular weight is 957 g/mol. The summed E-state index contributed by atoms with van der Waals surface area (Å²) in [6, 6.07) is 9.20. The standard InChI is InChI=1S/C51H72O17/c1-27(52)33-16-17-38(54)50(33,6)39(66-40(55)18-15-31-13-11-10-12-14-31)23-34-35(53)20-22-51(58)26-32(19-21-49(34,51)5)65-41-24-36(59-7)45(29(3)62-41)67-42-25-37(60-8)46(30(4)63-42)68-48-44(57)47(61-9)43(56)28(2)64-48/h10-15,18,20,22,28-30,32-34,36-37,39,41-48,56-58H,16-17,19,21,23-26H2,1-9H3/b18-15+/t28-,29-,30-,32+,33-,34+,36+,37+,39-,41+,42+,43-,44-,45-,46-,47+,48+,49-,50+,51+/m1/s1. The minimum absolute atomic E-state index is 0.0654. The molecule has 0 unspecified atom stereocenters. The van der Waals surface area contributed by atoms with Gasteiger partial charge in [0.15, 0.2) is 24.7 Å². The van der Waals surface area contributed by atoms with Crippen LogP contribution in [0.5, 0.6) is 0 Å². The Labute approximate surface area is 399 Å². The number of allylic oxidation sites excluding steroid dienone is 1. The average Bonchev–Trinajstić information content (AvgIpc) is 3.62. The fourth-order valence-electron chi connectivity index (χ4n) is 11.8. The predicted octanol–water partition coefficient (Wildman–Crippen LogP) is 4.19. The molecule has 3 saturated heterocycles. The van der Waals surface area contributed by atoms with Crippen LogP contribution in [0.2, 0.25) is 0 Å². The molecular weight excluding hydrogens is 885 g/mol. The number of ether oxygens (including phenoxy) is 10. The molecule has 0 aromatic heterocycles. The Morgan fingerprint density at radius 3 is 2.07 bits per heavy atom. The van der Waals surface area contributed by atoms with E-state index in [1.54, 1.807) is 34.1 Å². The van der Waals surface area contributed by atoms with Gasteiger partial charge in [-0.25, -0.2) is 4.79 Å². The Morgan fingerprint density at radius 1 is 0.824 bits per heavy atom. The van der Waals surface area contributed by atoms with Gasteiger partial charge in [-0.3, -0.25) is 14.4 Å². The second kappa shape index (κ2) is 21.6. The van der Waals surface area contributed by atoms with Gasteiger partial charge in [-0.15, -0.1) is 0 Å². The number of ketones is 3. The third-order valence-corrected chi connectivity index (χ3v) is 16.1. The molecule has 3 N–H and O–H groups in total. The molecule has 2 saturated carbocycles. The molecule has 0 radical (unpaired) electrons. The quantitative estimate of drug-likeness (QED) is 0.156. The van der Waals surface area contributed by atoms with Crippen LogP contribution in [0.3, 0.4) is 0 Å². The van der Waals surface area contributed by atoms with Crippen LogP contribution in [0.1, 0.15) is 98.5 Å². The number of aliphatic hydroxyl groups excluding tert-OH is 2. The fourth-order valence-corrected chi connectivity index (χ4v) is 11.8. The maximum absolute atomic E-state index is 14.0. The highest BCUT2D eigenvalue weighted by molar-refractivity contribution is 5.97. The van der Waals surface area contributed by atoms with E-state index in [2.05, 4.69) is 0 Å². The molecular formula is C51H72O17. The second-order valence-corrected chi connectivity index (χ2v) is 20.1. The van der Waals surface area contributed by atoms with Crippen LogP contribution < -0.4 is 0 Å². The maximum Gasteiger partial charge on any atom is 0.331 e. The molecule has 0 amide bonds. The number of Topliss-reactive ketones (excluding diaryl/α,β-unsaturated/α-hetero) is 2. The lowest BCUT2D eigenvalue weighted by atomic mass is 9.52. The normalized spacial score (nSPS) is 43.6. The molecule has 20 atom stereocenters. The molecule has 378 valence electrons. The van der Waals surface area contributed by atoms with E-state index in [4.69, 9.17) is 47.4 Å². The van der Waals surface area contributed by atoms with Gasteiger partial charge in [0.2, 0.25) is 0 Å². The lowest BCUT2D eigenvalue weighted by molar-refractivity contribution is -0.352. The number of carbonyl (C=O) groups is 4. The predicted molar refractivity (Wildman–Crippen MR) is 242 cm³/mol. The van der Waals surface area contributed by atoms with Crippen LogP contribution >= 0.6 is 0 Å². The molecule has 0 bridgehead atoms. The summed E-state index contributed by atoms with van der Waals surface area (Å²) in [5.74, 6) is -2.91. The van der Waals surface area contributed by atoms with E-state index in [9.17, 15) is 34.5 Å². The summed E-state index contributed by atoms with van der Waals surface area (Å²) in [6.45, 7) is 10.3. The second-order valence-electron chi connectivity index (χ2n) is 20.1. The van der Waals surface area contributed by atoms with Crippen LogP contribution in [0.15, 0.2) is 48.6 Å². The molecule has 3 heterocycles. The van der Waals surface area contributed by atoms with Crippen LogP contribution in [-0.4, -0.2) is 158 Å². The summed E-state index contributed by atoms with van der Waals surface area (Å²) in [4.78, 5) is 54.3. The van der Waals surface area contributed by atoms with Crippen molar-refractivity contribution in [3.8, 4) is 0 Å². The van der Waals surface area contributed by atoms with E-state index in [1.807, 2.05) is 51.1 Å². The van der Waals surface area contributed by atoms with E-state index in [0.717, 1.165) is 5.56 Å². The monoisotopic (exact) mass is 956 g/mol. The van der Waals surface area contributed by atoms with Crippen molar-refractivity contribution >= 4 is 29.4 Å². The first-order chi connectivity index (χ1) is 32.3. The zero-order valence-electron chi connectivity index (χ0n) is 40.7. The summed E-state index contributed by atoms with van der Waals surface area (Å²) in [6.07, 6.45) is -3.57. The van der Waals surface area contributed by atoms with Crippen molar-refractivity contribution in [2.75, 3.05) is 21.3 Å². The summed E-state index contributed by atoms with van der Waals surface area (Å²) in [7, 11) is 4.55. The minimum Gasteiger partial charge on any atom is -0.458 e. The number of aliphatic hydroxyl groups is 3.